The Hall–Kier alpha value is -2.81. The number of methoxy groups -OCH3 is 1. The van der Waals surface area contributed by atoms with Crippen molar-refractivity contribution in [2.45, 2.75) is 10.9 Å². The molecule has 0 aliphatic rings. The lowest BCUT2D eigenvalue weighted by Gasteiger charge is -2.18. The zero-order chi connectivity index (χ0) is 21.3. The van der Waals surface area contributed by atoms with E-state index >= 15 is 0 Å². The maximum Gasteiger partial charge on any atom is 0.261 e. The van der Waals surface area contributed by atoms with E-state index in [1.165, 1.54) is 10.9 Å². The van der Waals surface area contributed by atoms with Crippen LogP contribution in [0.2, 0.25) is 5.15 Å². The number of fused-ring (bicyclic) bond motifs is 1. The third-order valence-corrected chi connectivity index (χ3v) is 6.99. The second-order valence-corrected chi connectivity index (χ2v) is 8.96. The van der Waals surface area contributed by atoms with Crippen molar-refractivity contribution in [1.82, 2.24) is 19.3 Å². The van der Waals surface area contributed by atoms with Gasteiger partial charge in [-0.1, -0.05) is 41.9 Å². The summed E-state index contributed by atoms with van der Waals surface area (Å²) in [7, 11) is -0.632. The molecule has 2 N–H and O–H groups in total. The lowest BCUT2D eigenvalue weighted by Crippen LogP contribution is -2.29. The molecular formula is C21H21ClN4O3S. The molecule has 156 valence electrons. The zero-order valence-corrected chi connectivity index (χ0v) is 18.0. The number of aromatic amines is 1. The van der Waals surface area contributed by atoms with Gasteiger partial charge in [-0.15, -0.1) is 0 Å². The number of imidazole rings is 1. The van der Waals surface area contributed by atoms with Crippen LogP contribution in [0, 0.1) is 0 Å². The van der Waals surface area contributed by atoms with Crippen molar-refractivity contribution in [2.24, 2.45) is 7.05 Å². The molecule has 2 aromatic carbocycles. The van der Waals surface area contributed by atoms with E-state index in [2.05, 4.69) is 14.7 Å². The van der Waals surface area contributed by atoms with Crippen molar-refractivity contribution in [3.05, 3.63) is 77.3 Å². The van der Waals surface area contributed by atoms with Gasteiger partial charge in [0.15, 0.2) is 0 Å². The molecule has 1 atom stereocenters. The van der Waals surface area contributed by atoms with Crippen LogP contribution in [-0.4, -0.2) is 36.6 Å². The number of aromatic nitrogens is 3. The first-order chi connectivity index (χ1) is 14.4. The van der Waals surface area contributed by atoms with Gasteiger partial charge >= 0.3 is 0 Å². The number of nitrogens with zero attached hydrogens (tertiary/aromatic N) is 2. The van der Waals surface area contributed by atoms with E-state index < -0.39 is 10.0 Å². The number of aryl methyl sites for hydroxylation is 1. The molecule has 1 unspecified atom stereocenters. The Morgan fingerprint density at radius 1 is 1.20 bits per heavy atom. The van der Waals surface area contributed by atoms with Crippen LogP contribution in [0.4, 0.5) is 0 Å². The van der Waals surface area contributed by atoms with E-state index in [1.54, 1.807) is 14.2 Å². The van der Waals surface area contributed by atoms with Crippen LogP contribution in [-0.2, 0) is 17.1 Å². The summed E-state index contributed by atoms with van der Waals surface area (Å²) in [4.78, 5) is 7.19. The van der Waals surface area contributed by atoms with Gasteiger partial charge in [0.05, 0.1) is 13.4 Å². The van der Waals surface area contributed by atoms with Gasteiger partial charge in [0, 0.05) is 36.6 Å². The van der Waals surface area contributed by atoms with Crippen molar-refractivity contribution in [3.8, 4) is 5.75 Å². The summed E-state index contributed by atoms with van der Waals surface area (Å²) in [5.74, 6) is 0.501. The number of H-pyrrole nitrogens is 1. The van der Waals surface area contributed by atoms with Gasteiger partial charge < -0.3 is 14.3 Å². The predicted molar refractivity (Wildman–Crippen MR) is 117 cm³/mol. The van der Waals surface area contributed by atoms with Crippen molar-refractivity contribution in [2.75, 3.05) is 13.7 Å². The molecule has 2 heterocycles. The fraction of sp³-hybridized carbons (Fsp3) is 0.190. The number of hydrogen-bond donors (Lipinski definition) is 2. The third-order valence-electron chi connectivity index (χ3n) is 5.08. The van der Waals surface area contributed by atoms with Crippen LogP contribution in [0.1, 0.15) is 17.0 Å². The first-order valence-corrected chi connectivity index (χ1v) is 11.1. The number of hydrogen-bond acceptors (Lipinski definition) is 4. The standard InChI is InChI=1S/C21H21ClN4O3S/c1-26-13-24-21(20(26)22)30(27,28)25-12-17(14-7-9-15(29-2)10-8-14)18-11-23-19-6-4-3-5-16(18)19/h3-11,13,17,23,25H,12H2,1-2H3. The Bertz CT molecular complexity index is 1280. The van der Waals surface area contributed by atoms with Crippen molar-refractivity contribution < 1.29 is 13.2 Å². The van der Waals surface area contributed by atoms with Crippen molar-refractivity contribution >= 4 is 32.5 Å². The highest BCUT2D eigenvalue weighted by Gasteiger charge is 2.25. The molecule has 0 spiro atoms. The molecule has 0 aliphatic carbocycles. The maximum absolute atomic E-state index is 12.8. The minimum atomic E-state index is -3.88. The Labute approximate surface area is 179 Å². The molecule has 0 radical (unpaired) electrons. The fourth-order valence-corrected chi connectivity index (χ4v) is 4.93. The zero-order valence-electron chi connectivity index (χ0n) is 16.5. The minimum Gasteiger partial charge on any atom is -0.497 e. The molecule has 7 nitrogen and oxygen atoms in total. The van der Waals surface area contributed by atoms with Crippen LogP contribution in [0.3, 0.4) is 0 Å². The highest BCUT2D eigenvalue weighted by molar-refractivity contribution is 7.89. The summed E-state index contributed by atoms with van der Waals surface area (Å²) in [6.45, 7) is 0.142. The van der Waals surface area contributed by atoms with Crippen LogP contribution >= 0.6 is 11.6 Å². The highest BCUT2D eigenvalue weighted by Crippen LogP contribution is 2.32. The van der Waals surface area contributed by atoms with Gasteiger partial charge in [-0.25, -0.2) is 18.1 Å². The normalized spacial score (nSPS) is 12.9. The van der Waals surface area contributed by atoms with Gasteiger partial charge in [-0.05, 0) is 29.3 Å². The Balaban J connectivity index is 1.71. The molecule has 0 amide bonds. The number of nitrogens with one attached hydrogen (secondary N) is 2. The van der Waals surface area contributed by atoms with Crippen LogP contribution < -0.4 is 9.46 Å². The lowest BCUT2D eigenvalue weighted by atomic mass is 9.91. The monoisotopic (exact) mass is 444 g/mol. The van der Waals surface area contributed by atoms with Crippen LogP contribution in [0.15, 0.2) is 66.1 Å². The summed E-state index contributed by atoms with van der Waals surface area (Å²) in [6, 6.07) is 15.5. The summed E-state index contributed by atoms with van der Waals surface area (Å²) in [6.07, 6.45) is 3.29. The summed E-state index contributed by atoms with van der Waals surface area (Å²) in [5.41, 5.74) is 2.93. The smallest absolute Gasteiger partial charge is 0.261 e. The molecule has 0 aliphatic heterocycles. The minimum absolute atomic E-state index is 0.0654. The average molecular weight is 445 g/mol. The van der Waals surface area contributed by atoms with Crippen molar-refractivity contribution in [3.63, 3.8) is 0 Å². The predicted octanol–water partition coefficient (Wildman–Crippen LogP) is 3.67. The molecule has 4 aromatic rings. The van der Waals surface area contributed by atoms with Crippen LogP contribution in [0.25, 0.3) is 10.9 Å². The SMILES string of the molecule is COc1ccc(C(CNS(=O)(=O)c2ncn(C)c2Cl)c2c[nH]c3ccccc23)cc1. The average Bonchev–Trinajstić information content (AvgIpc) is 3.33. The second kappa shape index (κ2) is 8.14. The molecule has 0 fully saturated rings. The number of rotatable bonds is 7. The molecule has 30 heavy (non-hydrogen) atoms. The summed E-state index contributed by atoms with van der Waals surface area (Å²) >= 11 is 6.10. The fourth-order valence-electron chi connectivity index (χ4n) is 3.46. The molecule has 0 bridgehead atoms. The lowest BCUT2D eigenvalue weighted by molar-refractivity contribution is 0.414. The topological polar surface area (TPSA) is 89.0 Å². The van der Waals surface area contributed by atoms with E-state index in [0.29, 0.717) is 0 Å². The third kappa shape index (κ3) is 3.81. The van der Waals surface area contributed by atoms with E-state index in [4.69, 9.17) is 16.3 Å². The molecule has 9 heteroatoms. The highest BCUT2D eigenvalue weighted by atomic mass is 35.5. The molecule has 0 saturated heterocycles. The Morgan fingerprint density at radius 3 is 2.60 bits per heavy atom. The molecule has 0 saturated carbocycles. The van der Waals surface area contributed by atoms with E-state index in [-0.39, 0.29) is 22.6 Å². The molecule has 2 aromatic heterocycles. The number of benzene rings is 2. The van der Waals surface area contributed by atoms with Gasteiger partial charge in [-0.3, -0.25) is 0 Å². The van der Waals surface area contributed by atoms with E-state index in [9.17, 15) is 8.42 Å². The summed E-state index contributed by atoms with van der Waals surface area (Å²) in [5, 5.41) is 0.919. The largest absolute Gasteiger partial charge is 0.497 e. The Kier molecular flexibility index (Phi) is 5.55. The quantitative estimate of drug-likeness (QED) is 0.455. The van der Waals surface area contributed by atoms with Gasteiger partial charge in [0.2, 0.25) is 5.03 Å². The van der Waals surface area contributed by atoms with Gasteiger partial charge in [0.25, 0.3) is 10.0 Å². The van der Waals surface area contributed by atoms with Gasteiger partial charge in [-0.2, -0.15) is 0 Å². The second-order valence-electron chi connectivity index (χ2n) is 6.92. The van der Waals surface area contributed by atoms with Crippen molar-refractivity contribution in [1.29, 1.82) is 0 Å². The number of halogens is 1. The molecule has 4 rings (SSSR count). The van der Waals surface area contributed by atoms with Crippen LogP contribution in [0.5, 0.6) is 5.75 Å². The van der Waals surface area contributed by atoms with Gasteiger partial charge in [0.1, 0.15) is 10.9 Å². The Morgan fingerprint density at radius 2 is 1.93 bits per heavy atom. The molecular weight excluding hydrogens is 424 g/mol. The number of ether oxygens (including phenoxy) is 1. The number of para-hydroxylation sites is 1. The summed E-state index contributed by atoms with van der Waals surface area (Å²) < 4.78 is 35.1. The maximum atomic E-state index is 12.8. The van der Waals surface area contributed by atoms with E-state index in [0.717, 1.165) is 27.8 Å². The first-order valence-electron chi connectivity index (χ1n) is 9.27. The van der Waals surface area contributed by atoms with E-state index in [1.807, 2.05) is 54.7 Å². The first kappa shape index (κ1) is 20.5. The number of sulfonamides is 1.